The van der Waals surface area contributed by atoms with Crippen LogP contribution in [0.1, 0.15) is 16.1 Å². The zero-order valence-corrected chi connectivity index (χ0v) is 12.0. The Morgan fingerprint density at radius 3 is 2.65 bits per heavy atom. The Kier molecular flexibility index (Phi) is 4.27. The molecule has 2 rings (SSSR count). The number of nitrogens with zero attached hydrogens (tertiary/aromatic N) is 3. The van der Waals surface area contributed by atoms with E-state index >= 15 is 0 Å². The summed E-state index contributed by atoms with van der Waals surface area (Å²) in [6, 6.07) is 8.43. The van der Waals surface area contributed by atoms with Crippen LogP contribution in [-0.2, 0) is 0 Å². The molecular weight excluding hydrogens is 324 g/mol. The molecular formula is C13H9BrN4O2. The molecule has 0 amide bonds. The van der Waals surface area contributed by atoms with Gasteiger partial charge >= 0.3 is 0 Å². The lowest BCUT2D eigenvalue weighted by atomic mass is 10.3. The van der Waals surface area contributed by atoms with Gasteiger partial charge in [-0.3, -0.25) is 4.79 Å². The largest absolute Gasteiger partial charge is 0.421 e. The predicted molar refractivity (Wildman–Crippen MR) is 75.9 cm³/mol. The Morgan fingerprint density at radius 2 is 2.00 bits per heavy atom. The number of nitrogens with one attached hydrogen (secondary N) is 1. The molecule has 2 aromatic heterocycles. The molecule has 0 atom stereocenters. The van der Waals surface area contributed by atoms with E-state index in [2.05, 4.69) is 31.2 Å². The van der Waals surface area contributed by atoms with E-state index in [1.54, 1.807) is 31.3 Å². The second-order valence-electron chi connectivity index (χ2n) is 3.64. The molecule has 2 heterocycles. The first-order valence-electron chi connectivity index (χ1n) is 5.56. The minimum absolute atomic E-state index is 0.241. The van der Waals surface area contributed by atoms with E-state index in [-0.39, 0.29) is 17.5 Å². The summed E-state index contributed by atoms with van der Waals surface area (Å²) in [5.74, 6) is 0.937. The number of halogens is 1. The van der Waals surface area contributed by atoms with Crippen molar-refractivity contribution in [1.82, 2.24) is 9.97 Å². The second kappa shape index (κ2) is 6.12. The smallest absolute Gasteiger partial charge is 0.223 e. The number of hydrogen-bond donors (Lipinski definition) is 1. The topological polar surface area (TPSA) is 87.9 Å². The average Bonchev–Trinajstić information content (AvgIpc) is 2.49. The summed E-state index contributed by atoms with van der Waals surface area (Å²) in [6.07, 6.45) is 0.627. The number of aldehydes is 1. The fourth-order valence-electron chi connectivity index (χ4n) is 1.46. The van der Waals surface area contributed by atoms with Crippen molar-refractivity contribution in [3.05, 3.63) is 40.0 Å². The molecule has 0 unspecified atom stereocenters. The molecule has 100 valence electrons. The summed E-state index contributed by atoms with van der Waals surface area (Å²) in [5.41, 5.74) is 0.655. The van der Waals surface area contributed by atoms with Crippen molar-refractivity contribution in [2.24, 2.45) is 0 Å². The molecule has 20 heavy (non-hydrogen) atoms. The van der Waals surface area contributed by atoms with Gasteiger partial charge in [-0.25, -0.2) is 4.98 Å². The van der Waals surface area contributed by atoms with E-state index in [1.807, 2.05) is 6.07 Å². The molecule has 1 N–H and O–H groups in total. The van der Waals surface area contributed by atoms with Gasteiger partial charge < -0.3 is 10.1 Å². The van der Waals surface area contributed by atoms with Crippen molar-refractivity contribution in [3.63, 3.8) is 0 Å². The van der Waals surface area contributed by atoms with Crippen LogP contribution in [0.15, 0.2) is 28.7 Å². The Labute approximate surface area is 123 Å². The normalized spacial score (nSPS) is 9.65. The first-order valence-corrected chi connectivity index (χ1v) is 6.35. The van der Waals surface area contributed by atoms with E-state index in [9.17, 15) is 4.79 Å². The number of ether oxygens (including phenoxy) is 1. The van der Waals surface area contributed by atoms with Gasteiger partial charge in [0, 0.05) is 23.7 Å². The first kappa shape index (κ1) is 14.0. The zero-order valence-electron chi connectivity index (χ0n) is 10.4. The third-order valence-corrected chi connectivity index (χ3v) is 3.07. The van der Waals surface area contributed by atoms with Crippen LogP contribution in [0, 0.1) is 11.3 Å². The molecule has 0 aliphatic carbocycles. The molecule has 0 fully saturated rings. The maximum absolute atomic E-state index is 10.8. The van der Waals surface area contributed by atoms with Crippen molar-refractivity contribution in [2.75, 3.05) is 12.4 Å². The summed E-state index contributed by atoms with van der Waals surface area (Å²) in [7, 11) is 1.66. The summed E-state index contributed by atoms with van der Waals surface area (Å²) in [5, 5.41) is 11.7. The Balaban J connectivity index is 2.31. The lowest BCUT2D eigenvalue weighted by Gasteiger charge is -2.07. The van der Waals surface area contributed by atoms with Crippen LogP contribution in [0.5, 0.6) is 11.8 Å². The number of anilines is 1. The SMILES string of the molecule is CNc1nc(Oc2ccc(Br)c(C=O)n2)ccc1C#N. The van der Waals surface area contributed by atoms with Gasteiger partial charge in [-0.05, 0) is 28.1 Å². The van der Waals surface area contributed by atoms with Gasteiger partial charge in [-0.2, -0.15) is 10.2 Å². The number of rotatable bonds is 4. The van der Waals surface area contributed by atoms with Crippen molar-refractivity contribution in [2.45, 2.75) is 0 Å². The molecule has 0 aromatic carbocycles. The molecule has 0 aliphatic rings. The molecule has 6 nitrogen and oxygen atoms in total. The molecule has 7 heteroatoms. The van der Waals surface area contributed by atoms with Gasteiger partial charge in [0.2, 0.25) is 11.8 Å². The summed E-state index contributed by atoms with van der Waals surface area (Å²) >= 11 is 3.21. The average molecular weight is 333 g/mol. The predicted octanol–water partition coefficient (Wildman–Crippen LogP) is 2.76. The summed E-state index contributed by atoms with van der Waals surface area (Å²) in [4.78, 5) is 19.0. The molecule has 0 bridgehead atoms. The van der Waals surface area contributed by atoms with Gasteiger partial charge in [0.25, 0.3) is 0 Å². The monoisotopic (exact) mass is 332 g/mol. The van der Waals surface area contributed by atoms with Crippen molar-refractivity contribution in [1.29, 1.82) is 5.26 Å². The fourth-order valence-corrected chi connectivity index (χ4v) is 1.78. The summed E-state index contributed by atoms with van der Waals surface area (Å²) < 4.78 is 6.05. The maximum Gasteiger partial charge on any atom is 0.223 e. The minimum atomic E-state index is 0.241. The lowest BCUT2D eigenvalue weighted by Crippen LogP contribution is -1.99. The van der Waals surface area contributed by atoms with Crippen molar-refractivity contribution in [3.8, 4) is 17.8 Å². The lowest BCUT2D eigenvalue weighted by molar-refractivity contribution is 0.111. The van der Waals surface area contributed by atoms with Crippen LogP contribution in [0.4, 0.5) is 5.82 Å². The molecule has 0 aliphatic heterocycles. The highest BCUT2D eigenvalue weighted by molar-refractivity contribution is 9.10. The van der Waals surface area contributed by atoms with Crippen LogP contribution in [0.25, 0.3) is 0 Å². The standard InChI is InChI=1S/C13H9BrN4O2/c1-16-13-8(6-15)2-4-12(18-13)20-11-5-3-9(14)10(7-19)17-11/h2-5,7H,1H3,(H,16,18). The van der Waals surface area contributed by atoms with Crippen LogP contribution in [-0.4, -0.2) is 23.3 Å². The third-order valence-electron chi connectivity index (χ3n) is 2.40. The van der Waals surface area contributed by atoms with Crippen LogP contribution in [0.3, 0.4) is 0 Å². The molecule has 2 aromatic rings. The Bertz CT molecular complexity index is 697. The van der Waals surface area contributed by atoms with Crippen LogP contribution in [0.2, 0.25) is 0 Å². The second-order valence-corrected chi connectivity index (χ2v) is 4.50. The fraction of sp³-hybridized carbons (Fsp3) is 0.0769. The van der Waals surface area contributed by atoms with E-state index in [0.29, 0.717) is 22.1 Å². The number of pyridine rings is 2. The highest BCUT2D eigenvalue weighted by Crippen LogP contribution is 2.23. The molecule has 0 saturated carbocycles. The molecule has 0 spiro atoms. The highest BCUT2D eigenvalue weighted by Gasteiger charge is 2.08. The number of hydrogen-bond acceptors (Lipinski definition) is 6. The Hall–Kier alpha value is -2.46. The van der Waals surface area contributed by atoms with Crippen molar-refractivity contribution >= 4 is 28.0 Å². The molecule has 0 saturated heterocycles. The minimum Gasteiger partial charge on any atom is -0.421 e. The van der Waals surface area contributed by atoms with E-state index < -0.39 is 0 Å². The van der Waals surface area contributed by atoms with E-state index in [4.69, 9.17) is 10.00 Å². The first-order chi connectivity index (χ1) is 9.67. The Morgan fingerprint density at radius 1 is 1.30 bits per heavy atom. The number of aromatic nitrogens is 2. The number of carbonyl (C=O) groups is 1. The van der Waals surface area contributed by atoms with Gasteiger partial charge in [-0.1, -0.05) is 0 Å². The zero-order chi connectivity index (χ0) is 14.5. The van der Waals surface area contributed by atoms with Crippen molar-refractivity contribution < 1.29 is 9.53 Å². The molecule has 0 radical (unpaired) electrons. The van der Waals surface area contributed by atoms with E-state index in [1.165, 1.54) is 0 Å². The van der Waals surface area contributed by atoms with Crippen LogP contribution < -0.4 is 10.1 Å². The van der Waals surface area contributed by atoms with Gasteiger partial charge in [0.05, 0.1) is 5.56 Å². The van der Waals surface area contributed by atoms with Gasteiger partial charge in [0.15, 0.2) is 6.29 Å². The quantitative estimate of drug-likeness (QED) is 0.866. The van der Waals surface area contributed by atoms with Gasteiger partial charge in [-0.15, -0.1) is 0 Å². The highest BCUT2D eigenvalue weighted by atomic mass is 79.9. The van der Waals surface area contributed by atoms with Gasteiger partial charge in [0.1, 0.15) is 17.6 Å². The summed E-state index contributed by atoms with van der Waals surface area (Å²) in [6.45, 7) is 0. The third kappa shape index (κ3) is 2.92. The number of carbonyl (C=O) groups excluding carboxylic acids is 1. The van der Waals surface area contributed by atoms with Crippen LogP contribution >= 0.6 is 15.9 Å². The maximum atomic E-state index is 10.8. The van der Waals surface area contributed by atoms with E-state index in [0.717, 1.165) is 0 Å². The number of nitriles is 1.